The molecule has 0 unspecified atom stereocenters. The number of sulfone groups is 1. The third-order valence-electron chi connectivity index (χ3n) is 3.85. The van der Waals surface area contributed by atoms with E-state index in [1.807, 2.05) is 13.0 Å². The van der Waals surface area contributed by atoms with Crippen LogP contribution in [0.15, 0.2) is 53.4 Å². The molecule has 0 saturated carbocycles. The first-order valence-electron chi connectivity index (χ1n) is 8.71. The monoisotopic (exact) mass is 410 g/mol. The molecule has 2 rings (SSSR count). The summed E-state index contributed by atoms with van der Waals surface area (Å²) < 4.78 is 34.9. The van der Waals surface area contributed by atoms with E-state index in [4.69, 9.17) is 21.1 Å². The van der Waals surface area contributed by atoms with E-state index in [0.29, 0.717) is 23.8 Å². The van der Waals surface area contributed by atoms with Gasteiger partial charge in [0.15, 0.2) is 9.84 Å². The molecule has 5 nitrogen and oxygen atoms in total. The molecular formula is C20H23ClO5S. The number of rotatable bonds is 10. The minimum Gasteiger partial charge on any atom is -0.494 e. The van der Waals surface area contributed by atoms with Crippen LogP contribution in [0.2, 0.25) is 5.02 Å². The van der Waals surface area contributed by atoms with Crippen LogP contribution in [0.5, 0.6) is 5.75 Å². The number of carbonyl (C=O) groups is 1. The van der Waals surface area contributed by atoms with Crippen molar-refractivity contribution in [2.75, 3.05) is 19.0 Å². The molecule has 0 fully saturated rings. The van der Waals surface area contributed by atoms with Gasteiger partial charge in [0.25, 0.3) is 0 Å². The summed E-state index contributed by atoms with van der Waals surface area (Å²) >= 11 is 5.95. The summed E-state index contributed by atoms with van der Waals surface area (Å²) in [6, 6.07) is 13.6. The van der Waals surface area contributed by atoms with Gasteiger partial charge in [-0.3, -0.25) is 4.79 Å². The molecule has 2 aromatic carbocycles. The summed E-state index contributed by atoms with van der Waals surface area (Å²) in [5, 5.41) is 0.681. The Morgan fingerprint density at radius 2 is 1.78 bits per heavy atom. The quantitative estimate of drug-likeness (QED) is 0.433. The van der Waals surface area contributed by atoms with E-state index in [1.165, 1.54) is 0 Å². The van der Waals surface area contributed by atoms with Crippen LogP contribution in [-0.2, 0) is 19.4 Å². The Hall–Kier alpha value is -2.05. The van der Waals surface area contributed by atoms with Gasteiger partial charge in [-0.2, -0.15) is 0 Å². The van der Waals surface area contributed by atoms with Crippen LogP contribution in [0.25, 0.3) is 0 Å². The summed E-state index contributed by atoms with van der Waals surface area (Å²) in [6.07, 6.45) is 1.00. The topological polar surface area (TPSA) is 69.7 Å². The van der Waals surface area contributed by atoms with E-state index in [0.717, 1.165) is 5.56 Å². The predicted molar refractivity (Wildman–Crippen MR) is 105 cm³/mol. The molecule has 2 aromatic rings. The fourth-order valence-electron chi connectivity index (χ4n) is 2.37. The van der Waals surface area contributed by atoms with Gasteiger partial charge in [-0.1, -0.05) is 29.8 Å². The van der Waals surface area contributed by atoms with Gasteiger partial charge in [0, 0.05) is 11.4 Å². The molecule has 0 spiro atoms. The molecule has 0 saturated heterocycles. The van der Waals surface area contributed by atoms with E-state index in [9.17, 15) is 13.2 Å². The SMILES string of the molecule is Cc1cc(OCCCC(=O)OCCCS(=O)(=O)c2ccccc2)ccc1Cl. The Balaban J connectivity index is 1.60. The third-order valence-corrected chi connectivity index (χ3v) is 6.09. The second kappa shape index (κ2) is 10.3. The van der Waals surface area contributed by atoms with Crippen molar-refractivity contribution < 1.29 is 22.7 Å². The maximum absolute atomic E-state index is 12.1. The zero-order valence-corrected chi connectivity index (χ0v) is 16.8. The number of esters is 1. The van der Waals surface area contributed by atoms with Gasteiger partial charge in [0.2, 0.25) is 0 Å². The molecule has 146 valence electrons. The summed E-state index contributed by atoms with van der Waals surface area (Å²) in [5.41, 5.74) is 0.930. The number of benzene rings is 2. The summed E-state index contributed by atoms with van der Waals surface area (Å²) in [7, 11) is -3.34. The molecule has 0 atom stereocenters. The lowest BCUT2D eigenvalue weighted by molar-refractivity contribution is -0.143. The number of hydrogen-bond acceptors (Lipinski definition) is 5. The molecular weight excluding hydrogens is 388 g/mol. The van der Waals surface area contributed by atoms with Gasteiger partial charge >= 0.3 is 5.97 Å². The molecule has 0 amide bonds. The second-order valence-corrected chi connectivity index (χ2v) is 8.59. The van der Waals surface area contributed by atoms with Crippen molar-refractivity contribution in [2.45, 2.75) is 31.1 Å². The molecule has 0 aromatic heterocycles. The van der Waals surface area contributed by atoms with E-state index >= 15 is 0 Å². The highest BCUT2D eigenvalue weighted by molar-refractivity contribution is 7.91. The summed E-state index contributed by atoms with van der Waals surface area (Å²) in [4.78, 5) is 12.0. The molecule has 27 heavy (non-hydrogen) atoms. The molecule has 0 aliphatic heterocycles. The fraction of sp³-hybridized carbons (Fsp3) is 0.350. The minimum absolute atomic E-state index is 0.0523. The molecule has 0 radical (unpaired) electrons. The van der Waals surface area contributed by atoms with Crippen molar-refractivity contribution in [2.24, 2.45) is 0 Å². The van der Waals surface area contributed by atoms with Gasteiger partial charge in [-0.05, 0) is 55.7 Å². The molecule has 0 N–H and O–H groups in total. The van der Waals surface area contributed by atoms with Gasteiger partial charge in [0.1, 0.15) is 5.75 Å². The lowest BCUT2D eigenvalue weighted by Crippen LogP contribution is -2.12. The Morgan fingerprint density at radius 1 is 1.04 bits per heavy atom. The van der Waals surface area contributed by atoms with Gasteiger partial charge < -0.3 is 9.47 Å². The van der Waals surface area contributed by atoms with Gasteiger partial charge in [0.05, 0.1) is 23.9 Å². The molecule has 7 heteroatoms. The van der Waals surface area contributed by atoms with Crippen LogP contribution in [0.4, 0.5) is 0 Å². The fourth-order valence-corrected chi connectivity index (χ4v) is 3.79. The number of hydrogen-bond donors (Lipinski definition) is 0. The van der Waals surface area contributed by atoms with Crippen molar-refractivity contribution >= 4 is 27.4 Å². The first-order valence-corrected chi connectivity index (χ1v) is 10.7. The lowest BCUT2D eigenvalue weighted by atomic mass is 10.2. The summed E-state index contributed by atoms with van der Waals surface area (Å²) in [5.74, 6) is 0.294. The van der Waals surface area contributed by atoms with Gasteiger partial charge in [-0.25, -0.2) is 8.42 Å². The van der Waals surface area contributed by atoms with E-state index in [-0.39, 0.29) is 36.1 Å². The first-order chi connectivity index (χ1) is 12.9. The highest BCUT2D eigenvalue weighted by Gasteiger charge is 2.13. The maximum atomic E-state index is 12.1. The van der Waals surface area contributed by atoms with Crippen molar-refractivity contribution in [3.05, 3.63) is 59.1 Å². The van der Waals surface area contributed by atoms with E-state index in [1.54, 1.807) is 42.5 Å². The first kappa shape index (κ1) is 21.3. The van der Waals surface area contributed by atoms with Crippen LogP contribution in [0, 0.1) is 6.92 Å². The normalized spacial score (nSPS) is 11.2. The van der Waals surface area contributed by atoms with Crippen LogP contribution in [0.1, 0.15) is 24.8 Å². The van der Waals surface area contributed by atoms with Crippen LogP contribution < -0.4 is 4.74 Å². The van der Waals surface area contributed by atoms with E-state index < -0.39 is 9.84 Å². The Morgan fingerprint density at radius 3 is 2.48 bits per heavy atom. The number of halogens is 1. The van der Waals surface area contributed by atoms with Crippen molar-refractivity contribution in [1.82, 2.24) is 0 Å². The van der Waals surface area contributed by atoms with E-state index in [2.05, 4.69) is 0 Å². The smallest absolute Gasteiger partial charge is 0.305 e. The zero-order valence-electron chi connectivity index (χ0n) is 15.2. The Bertz CT molecular complexity index is 850. The average molecular weight is 411 g/mol. The third kappa shape index (κ3) is 7.23. The number of aryl methyl sites for hydroxylation is 1. The van der Waals surface area contributed by atoms with Crippen molar-refractivity contribution in [3.8, 4) is 5.75 Å². The largest absolute Gasteiger partial charge is 0.494 e. The number of ether oxygens (including phenoxy) is 2. The molecule has 0 aliphatic carbocycles. The van der Waals surface area contributed by atoms with Crippen molar-refractivity contribution in [3.63, 3.8) is 0 Å². The van der Waals surface area contributed by atoms with Gasteiger partial charge in [-0.15, -0.1) is 0 Å². The standard InChI is InChI=1S/C20H23ClO5S/c1-16-15-17(10-11-19(16)21)25-12-5-9-20(22)26-13-6-14-27(23,24)18-7-3-2-4-8-18/h2-4,7-8,10-11,15H,5-6,9,12-14H2,1H3. The molecule has 0 bridgehead atoms. The zero-order chi connectivity index (χ0) is 19.7. The average Bonchev–Trinajstić information content (AvgIpc) is 2.66. The Kier molecular flexibility index (Phi) is 8.13. The van der Waals surface area contributed by atoms with Crippen LogP contribution in [0.3, 0.4) is 0 Å². The van der Waals surface area contributed by atoms with Crippen LogP contribution >= 0.6 is 11.6 Å². The van der Waals surface area contributed by atoms with Crippen LogP contribution in [-0.4, -0.2) is 33.4 Å². The second-order valence-electron chi connectivity index (χ2n) is 6.07. The lowest BCUT2D eigenvalue weighted by Gasteiger charge is -2.08. The highest BCUT2D eigenvalue weighted by Crippen LogP contribution is 2.21. The summed E-state index contributed by atoms with van der Waals surface area (Å²) in [6.45, 7) is 2.37. The predicted octanol–water partition coefficient (Wildman–Crippen LogP) is 4.21. The Labute approximate surface area is 165 Å². The minimum atomic E-state index is -3.34. The molecule has 0 heterocycles. The molecule has 0 aliphatic rings. The highest BCUT2D eigenvalue weighted by atomic mass is 35.5. The number of carbonyl (C=O) groups excluding carboxylic acids is 1. The maximum Gasteiger partial charge on any atom is 0.305 e. The van der Waals surface area contributed by atoms with Crippen molar-refractivity contribution in [1.29, 1.82) is 0 Å².